The third-order valence-corrected chi connectivity index (χ3v) is 1.11. The molecule has 0 aliphatic carbocycles. The van der Waals surface area contributed by atoms with Crippen LogP contribution in [-0.4, -0.2) is 23.8 Å². The van der Waals surface area contributed by atoms with Gasteiger partial charge in [0, 0.05) is 0 Å². The Morgan fingerprint density at radius 1 is 1.25 bits per heavy atom. The molecule has 3 heteroatoms. The van der Waals surface area contributed by atoms with Crippen molar-refractivity contribution in [2.45, 2.75) is 39.7 Å². The van der Waals surface area contributed by atoms with Crippen molar-refractivity contribution in [2.24, 2.45) is 0 Å². The predicted molar refractivity (Wildman–Crippen MR) is 46.0 cm³/mol. The van der Waals surface area contributed by atoms with E-state index in [1.165, 1.54) is 6.92 Å². The highest BCUT2D eigenvalue weighted by molar-refractivity contribution is 5.98. The minimum absolute atomic E-state index is 0.0178. The monoisotopic (exact) mass is 172 g/mol. The van der Waals surface area contributed by atoms with E-state index in [0.717, 1.165) is 0 Å². The Bertz CT molecular complexity index is 177. The SMILES string of the molecule is CC(=O)CC(=O)COC(C)(C)C. The summed E-state index contributed by atoms with van der Waals surface area (Å²) in [4.78, 5) is 21.5. The molecule has 12 heavy (non-hydrogen) atoms. The molecular weight excluding hydrogens is 156 g/mol. The topological polar surface area (TPSA) is 43.4 Å². The first-order valence-corrected chi connectivity index (χ1v) is 3.96. The van der Waals surface area contributed by atoms with Gasteiger partial charge in [0.1, 0.15) is 12.4 Å². The highest BCUT2D eigenvalue weighted by Gasteiger charge is 2.13. The minimum Gasteiger partial charge on any atom is -0.368 e. The van der Waals surface area contributed by atoms with E-state index in [0.29, 0.717) is 0 Å². The van der Waals surface area contributed by atoms with Crippen molar-refractivity contribution < 1.29 is 14.3 Å². The number of ketones is 2. The maximum Gasteiger partial charge on any atom is 0.165 e. The molecule has 0 rings (SSSR count). The van der Waals surface area contributed by atoms with Gasteiger partial charge >= 0.3 is 0 Å². The van der Waals surface area contributed by atoms with Gasteiger partial charge in [0.05, 0.1) is 12.0 Å². The standard InChI is InChI=1S/C9H16O3/c1-7(10)5-8(11)6-12-9(2,3)4/h5-6H2,1-4H3. The molecule has 0 unspecified atom stereocenters. The van der Waals surface area contributed by atoms with Gasteiger partial charge in [-0.2, -0.15) is 0 Å². The zero-order valence-corrected chi connectivity index (χ0v) is 8.14. The van der Waals surface area contributed by atoms with Gasteiger partial charge in [-0.15, -0.1) is 0 Å². The van der Waals surface area contributed by atoms with E-state index in [4.69, 9.17) is 4.74 Å². The fourth-order valence-electron chi connectivity index (χ4n) is 0.626. The molecule has 0 aromatic rings. The average Bonchev–Trinajstić information content (AvgIpc) is 1.80. The molecule has 0 heterocycles. The summed E-state index contributed by atoms with van der Waals surface area (Å²) in [5.74, 6) is -0.269. The molecule has 0 radical (unpaired) electrons. The van der Waals surface area contributed by atoms with Gasteiger partial charge in [0.2, 0.25) is 0 Å². The molecule has 0 fully saturated rings. The van der Waals surface area contributed by atoms with Crippen LogP contribution in [0.25, 0.3) is 0 Å². The highest BCUT2D eigenvalue weighted by Crippen LogP contribution is 2.06. The molecule has 0 atom stereocenters. The van der Waals surface area contributed by atoms with E-state index >= 15 is 0 Å². The first-order chi connectivity index (χ1) is 5.31. The van der Waals surface area contributed by atoms with Crippen molar-refractivity contribution in [1.82, 2.24) is 0 Å². The number of ether oxygens (including phenoxy) is 1. The number of carbonyl (C=O) groups is 2. The van der Waals surface area contributed by atoms with Gasteiger partial charge < -0.3 is 4.74 Å². The van der Waals surface area contributed by atoms with E-state index in [1.54, 1.807) is 0 Å². The second-order valence-electron chi connectivity index (χ2n) is 3.82. The van der Waals surface area contributed by atoms with Crippen LogP contribution < -0.4 is 0 Å². The van der Waals surface area contributed by atoms with Crippen molar-refractivity contribution in [2.75, 3.05) is 6.61 Å². The number of rotatable bonds is 4. The summed E-state index contributed by atoms with van der Waals surface area (Å²) in [5.41, 5.74) is -0.313. The maximum atomic E-state index is 11.0. The third kappa shape index (κ3) is 7.41. The molecule has 0 aliphatic rings. The summed E-state index contributed by atoms with van der Waals surface area (Å²) in [6.45, 7) is 7.04. The Morgan fingerprint density at radius 2 is 1.75 bits per heavy atom. The second kappa shape index (κ2) is 4.36. The summed E-state index contributed by atoms with van der Waals surface area (Å²) in [6.07, 6.45) is -0.0178. The number of hydrogen-bond donors (Lipinski definition) is 0. The van der Waals surface area contributed by atoms with Crippen molar-refractivity contribution >= 4 is 11.6 Å². The van der Waals surface area contributed by atoms with Crippen molar-refractivity contribution in [1.29, 1.82) is 0 Å². The molecule has 70 valence electrons. The lowest BCUT2D eigenvalue weighted by Crippen LogP contribution is -2.24. The van der Waals surface area contributed by atoms with Gasteiger partial charge in [-0.3, -0.25) is 9.59 Å². The molecule has 0 N–H and O–H groups in total. The molecule has 0 bridgehead atoms. The Kier molecular flexibility index (Phi) is 4.10. The van der Waals surface area contributed by atoms with Crippen LogP contribution in [0, 0.1) is 0 Å². The number of hydrogen-bond acceptors (Lipinski definition) is 3. The third-order valence-electron chi connectivity index (χ3n) is 1.11. The van der Waals surface area contributed by atoms with E-state index in [1.807, 2.05) is 20.8 Å². The summed E-state index contributed by atoms with van der Waals surface area (Å²) in [6, 6.07) is 0. The normalized spacial score (nSPS) is 11.3. The van der Waals surface area contributed by atoms with Crippen LogP contribution in [0.15, 0.2) is 0 Å². The van der Waals surface area contributed by atoms with E-state index in [9.17, 15) is 9.59 Å². The minimum atomic E-state index is -0.313. The van der Waals surface area contributed by atoms with Crippen molar-refractivity contribution in [3.63, 3.8) is 0 Å². The van der Waals surface area contributed by atoms with Gasteiger partial charge in [-0.05, 0) is 27.7 Å². The summed E-state index contributed by atoms with van der Waals surface area (Å²) in [7, 11) is 0. The summed E-state index contributed by atoms with van der Waals surface area (Å²) < 4.78 is 5.19. The van der Waals surface area contributed by atoms with Gasteiger partial charge in [0.25, 0.3) is 0 Å². The molecule has 0 saturated heterocycles. The number of carbonyl (C=O) groups excluding carboxylic acids is 2. The zero-order chi connectivity index (χ0) is 9.78. The van der Waals surface area contributed by atoms with Crippen LogP contribution in [-0.2, 0) is 14.3 Å². The van der Waals surface area contributed by atoms with Crippen LogP contribution in [0.2, 0.25) is 0 Å². The Morgan fingerprint density at radius 3 is 2.08 bits per heavy atom. The van der Waals surface area contributed by atoms with Crippen molar-refractivity contribution in [3.05, 3.63) is 0 Å². The fraction of sp³-hybridized carbons (Fsp3) is 0.778. The summed E-state index contributed by atoms with van der Waals surface area (Å²) in [5, 5.41) is 0. The maximum absolute atomic E-state index is 11.0. The first kappa shape index (κ1) is 11.3. The average molecular weight is 172 g/mol. The largest absolute Gasteiger partial charge is 0.368 e. The van der Waals surface area contributed by atoms with Crippen LogP contribution in [0.4, 0.5) is 0 Å². The van der Waals surface area contributed by atoms with E-state index in [2.05, 4.69) is 0 Å². The highest BCUT2D eigenvalue weighted by atomic mass is 16.5. The molecule has 0 saturated carbocycles. The predicted octanol–water partition coefficient (Wildman–Crippen LogP) is 1.35. The molecule has 0 aliphatic heterocycles. The quantitative estimate of drug-likeness (QED) is 0.601. The molecule has 0 aromatic heterocycles. The van der Waals surface area contributed by atoms with Crippen LogP contribution in [0.3, 0.4) is 0 Å². The molecular formula is C9H16O3. The molecule has 0 amide bonds. The zero-order valence-electron chi connectivity index (χ0n) is 8.14. The lowest BCUT2D eigenvalue weighted by molar-refractivity contribution is -0.132. The van der Waals surface area contributed by atoms with Crippen LogP contribution in [0.5, 0.6) is 0 Å². The summed E-state index contributed by atoms with van der Waals surface area (Å²) >= 11 is 0. The second-order valence-corrected chi connectivity index (χ2v) is 3.82. The lowest BCUT2D eigenvalue weighted by atomic mass is 10.2. The first-order valence-electron chi connectivity index (χ1n) is 3.96. The fourth-order valence-corrected chi connectivity index (χ4v) is 0.626. The van der Waals surface area contributed by atoms with Gasteiger partial charge in [0.15, 0.2) is 5.78 Å². The lowest BCUT2D eigenvalue weighted by Gasteiger charge is -2.18. The Labute approximate surface area is 73.1 Å². The molecule has 0 spiro atoms. The Balaban J connectivity index is 3.65. The van der Waals surface area contributed by atoms with Gasteiger partial charge in [-0.25, -0.2) is 0 Å². The van der Waals surface area contributed by atoms with Crippen LogP contribution in [0.1, 0.15) is 34.1 Å². The smallest absolute Gasteiger partial charge is 0.165 e. The van der Waals surface area contributed by atoms with E-state index in [-0.39, 0.29) is 30.2 Å². The van der Waals surface area contributed by atoms with Crippen LogP contribution >= 0.6 is 0 Å². The van der Waals surface area contributed by atoms with E-state index < -0.39 is 0 Å². The number of Topliss-reactive ketones (excluding diaryl/α,β-unsaturated/α-hetero) is 2. The Hall–Kier alpha value is -0.700. The molecule has 3 nitrogen and oxygen atoms in total. The van der Waals surface area contributed by atoms with Crippen molar-refractivity contribution in [3.8, 4) is 0 Å². The molecule has 0 aromatic carbocycles. The van der Waals surface area contributed by atoms with Gasteiger partial charge in [-0.1, -0.05) is 0 Å².